The van der Waals surface area contributed by atoms with Gasteiger partial charge < -0.3 is 0 Å². The van der Waals surface area contributed by atoms with Crippen molar-refractivity contribution in [1.82, 2.24) is 0 Å². The molecule has 3 aromatic rings. The van der Waals surface area contributed by atoms with E-state index in [1.54, 1.807) is 0 Å². The molecule has 1 aliphatic rings. The van der Waals surface area contributed by atoms with Crippen LogP contribution in [0.15, 0.2) is 66.9 Å². The molecule has 2 aromatic carbocycles. The molecule has 1 aliphatic carbocycles. The van der Waals surface area contributed by atoms with Gasteiger partial charge in [0.25, 0.3) is 0 Å². The van der Waals surface area contributed by atoms with E-state index in [4.69, 9.17) is 2.74 Å². The maximum absolute atomic E-state index is 8.95. The van der Waals surface area contributed by atoms with Gasteiger partial charge in [0.2, 0.25) is 5.69 Å². The Morgan fingerprint density at radius 1 is 0.900 bits per heavy atom. The van der Waals surface area contributed by atoms with Gasteiger partial charge in [0.15, 0.2) is 6.20 Å². The number of nitrogens with zero attached hydrogens (tertiary/aromatic N) is 1. The highest BCUT2D eigenvalue weighted by atomic mass is 14.9. The lowest BCUT2D eigenvalue weighted by Gasteiger charge is -2.34. The molecule has 0 atom stereocenters. The predicted octanol–water partition coefficient (Wildman–Crippen LogP) is 7.16. The summed E-state index contributed by atoms with van der Waals surface area (Å²) in [5, 5.41) is 0. The van der Waals surface area contributed by atoms with Crippen molar-refractivity contribution < 1.29 is 7.31 Å². The fourth-order valence-corrected chi connectivity index (χ4v) is 4.83. The van der Waals surface area contributed by atoms with Gasteiger partial charge in [-0.15, -0.1) is 0 Å². The highest BCUT2D eigenvalue weighted by Crippen LogP contribution is 2.55. The first-order valence-corrected chi connectivity index (χ1v) is 11.1. The van der Waals surface area contributed by atoms with Crippen LogP contribution in [0.25, 0.3) is 22.4 Å². The lowest BCUT2D eigenvalue weighted by molar-refractivity contribution is -0.660. The molecule has 0 unspecified atom stereocenters. The average molecular weight is 401 g/mol. The SMILES string of the molecule is [2H]C([2H])(c1ccc(-c2cc[n+](C)c(-c3ccccc3C)c2)cc1)C1CC(C)(C)C(C)(C)C1. The average Bonchev–Trinajstić information content (AvgIpc) is 2.97. The number of pyridine rings is 1. The summed E-state index contributed by atoms with van der Waals surface area (Å²) in [7, 11) is 2.08. The van der Waals surface area contributed by atoms with Crippen LogP contribution in [0.5, 0.6) is 0 Å². The van der Waals surface area contributed by atoms with Crippen molar-refractivity contribution in [2.75, 3.05) is 0 Å². The Bertz CT molecular complexity index is 1110. The zero-order chi connectivity index (χ0) is 23.3. The van der Waals surface area contributed by atoms with E-state index in [1.807, 2.05) is 12.1 Å². The Balaban J connectivity index is 1.64. The van der Waals surface area contributed by atoms with Crippen molar-refractivity contribution >= 4 is 0 Å². The van der Waals surface area contributed by atoms with Gasteiger partial charge in [-0.1, -0.05) is 70.2 Å². The molecule has 1 heterocycles. The van der Waals surface area contributed by atoms with E-state index in [1.165, 1.54) is 16.8 Å². The maximum Gasteiger partial charge on any atom is 0.213 e. The summed E-state index contributed by atoms with van der Waals surface area (Å²) in [6.45, 7) is 11.3. The largest absolute Gasteiger partial charge is 0.213 e. The van der Waals surface area contributed by atoms with Gasteiger partial charge in [-0.2, -0.15) is 0 Å². The van der Waals surface area contributed by atoms with E-state index in [-0.39, 0.29) is 16.7 Å². The topological polar surface area (TPSA) is 3.88 Å². The van der Waals surface area contributed by atoms with Gasteiger partial charge in [-0.3, -0.25) is 0 Å². The van der Waals surface area contributed by atoms with Crippen molar-refractivity contribution in [2.45, 2.75) is 53.8 Å². The van der Waals surface area contributed by atoms with Gasteiger partial charge in [0.1, 0.15) is 7.05 Å². The van der Waals surface area contributed by atoms with Crippen LogP contribution in [0.1, 0.15) is 54.4 Å². The van der Waals surface area contributed by atoms with Crippen molar-refractivity contribution in [3.8, 4) is 22.4 Å². The molecule has 1 nitrogen and oxygen atoms in total. The van der Waals surface area contributed by atoms with E-state index >= 15 is 0 Å². The van der Waals surface area contributed by atoms with Crippen molar-refractivity contribution in [2.24, 2.45) is 23.8 Å². The molecule has 0 amide bonds. The minimum Gasteiger partial charge on any atom is -0.201 e. The fourth-order valence-electron chi connectivity index (χ4n) is 4.83. The molecule has 0 spiro atoms. The lowest BCUT2D eigenvalue weighted by Crippen LogP contribution is -2.30. The number of rotatable bonds is 4. The Hall–Kier alpha value is -2.41. The number of benzene rings is 2. The quantitative estimate of drug-likeness (QED) is 0.409. The van der Waals surface area contributed by atoms with Crippen LogP contribution in [-0.2, 0) is 13.4 Å². The van der Waals surface area contributed by atoms with E-state index in [9.17, 15) is 0 Å². The molecule has 4 rings (SSSR count). The maximum atomic E-state index is 8.95. The molecule has 1 heteroatoms. The summed E-state index contributed by atoms with van der Waals surface area (Å²) < 4.78 is 20.1. The van der Waals surface area contributed by atoms with Crippen LogP contribution in [0.2, 0.25) is 0 Å². The van der Waals surface area contributed by atoms with Crippen LogP contribution < -0.4 is 4.57 Å². The van der Waals surface area contributed by atoms with Gasteiger partial charge in [-0.05, 0) is 71.2 Å². The zero-order valence-electron chi connectivity index (χ0n) is 21.3. The minimum absolute atomic E-state index is 0.0433. The summed E-state index contributed by atoms with van der Waals surface area (Å²) >= 11 is 0. The third kappa shape index (κ3) is 3.95. The second-order valence-corrected chi connectivity index (χ2v) is 10.3. The van der Waals surface area contributed by atoms with Crippen LogP contribution in [-0.4, -0.2) is 0 Å². The molecular weight excluding hydrogens is 362 g/mol. The molecule has 0 radical (unpaired) electrons. The van der Waals surface area contributed by atoms with Crippen molar-refractivity contribution in [1.29, 1.82) is 0 Å². The van der Waals surface area contributed by atoms with E-state index in [0.29, 0.717) is 0 Å². The first kappa shape index (κ1) is 18.4. The molecule has 1 fully saturated rings. The molecule has 0 N–H and O–H groups in total. The first-order chi connectivity index (χ1) is 14.9. The van der Waals surface area contributed by atoms with Crippen LogP contribution in [0, 0.1) is 23.7 Å². The Morgan fingerprint density at radius 2 is 1.53 bits per heavy atom. The van der Waals surface area contributed by atoms with Crippen molar-refractivity contribution in [3.05, 3.63) is 78.0 Å². The molecule has 0 saturated heterocycles. The smallest absolute Gasteiger partial charge is 0.201 e. The molecule has 1 saturated carbocycles. The summed E-state index contributed by atoms with van der Waals surface area (Å²) in [6, 6.07) is 21.0. The summed E-state index contributed by atoms with van der Waals surface area (Å²) in [6.07, 6.45) is 2.62. The number of aromatic nitrogens is 1. The summed E-state index contributed by atoms with van der Waals surface area (Å²) in [5.74, 6) is 0.0433. The third-order valence-electron chi connectivity index (χ3n) is 7.51. The lowest BCUT2D eigenvalue weighted by atomic mass is 9.71. The number of aryl methyl sites for hydroxylation is 2. The van der Waals surface area contributed by atoms with Crippen molar-refractivity contribution in [3.63, 3.8) is 0 Å². The summed E-state index contributed by atoms with van der Waals surface area (Å²) in [4.78, 5) is 0. The van der Waals surface area contributed by atoms with E-state index in [0.717, 1.165) is 29.5 Å². The van der Waals surface area contributed by atoms with Gasteiger partial charge >= 0.3 is 0 Å². The first-order valence-electron chi connectivity index (χ1n) is 12.1. The van der Waals surface area contributed by atoms with Gasteiger partial charge in [-0.25, -0.2) is 4.57 Å². The monoisotopic (exact) mass is 400 g/mol. The van der Waals surface area contributed by atoms with E-state index < -0.39 is 6.37 Å². The molecule has 30 heavy (non-hydrogen) atoms. The fraction of sp³-hybridized carbons (Fsp3) is 0.414. The minimum atomic E-state index is -1.32. The Morgan fingerprint density at radius 3 is 2.17 bits per heavy atom. The molecule has 0 aliphatic heterocycles. The molecular formula is C29H36N+. The number of hydrogen-bond donors (Lipinski definition) is 0. The van der Waals surface area contributed by atoms with Gasteiger partial charge in [0.05, 0.1) is 0 Å². The summed E-state index contributed by atoms with van der Waals surface area (Å²) in [5.41, 5.74) is 7.02. The standard InChI is InChI=1S/C29H36N/c1-21-9-7-8-10-26(21)27-18-25(15-16-30(27)6)24-13-11-22(12-14-24)17-23-19-28(2,3)29(4,5)20-23/h7-16,18,23H,17,19-20H2,1-6H3/q+1/i17D2. The van der Waals surface area contributed by atoms with E-state index in [2.05, 4.69) is 101 Å². The van der Waals surface area contributed by atoms with Gasteiger partial charge in [0, 0.05) is 20.4 Å². The Kier molecular flexibility index (Phi) is 4.71. The van der Waals surface area contributed by atoms with Crippen LogP contribution >= 0.6 is 0 Å². The van der Waals surface area contributed by atoms with Crippen LogP contribution in [0.3, 0.4) is 0 Å². The second-order valence-electron chi connectivity index (χ2n) is 10.3. The molecule has 156 valence electrons. The highest BCUT2D eigenvalue weighted by molar-refractivity contribution is 5.70. The zero-order valence-corrected chi connectivity index (χ0v) is 19.3. The number of hydrogen-bond acceptors (Lipinski definition) is 0. The predicted molar refractivity (Wildman–Crippen MR) is 127 cm³/mol. The second kappa shape index (κ2) is 7.69. The molecule has 0 bridgehead atoms. The van der Waals surface area contributed by atoms with Crippen LogP contribution in [0.4, 0.5) is 0 Å². The highest BCUT2D eigenvalue weighted by Gasteiger charge is 2.45. The normalized spacial score (nSPS) is 19.4. The molecule has 1 aromatic heterocycles. The Labute approximate surface area is 185 Å². The third-order valence-corrected chi connectivity index (χ3v) is 7.51.